The Morgan fingerprint density at radius 3 is 2.83 bits per heavy atom. The second-order valence-electron chi connectivity index (χ2n) is 6.06. The molecular formula is C18H24N4O2. The number of aryl methyl sites for hydroxylation is 2. The summed E-state index contributed by atoms with van der Waals surface area (Å²) in [6.07, 6.45) is 5.49. The lowest BCUT2D eigenvalue weighted by Crippen LogP contribution is -2.29. The summed E-state index contributed by atoms with van der Waals surface area (Å²) in [5.74, 6) is 2.41. The molecule has 2 heterocycles. The van der Waals surface area contributed by atoms with E-state index in [1.807, 2.05) is 24.3 Å². The van der Waals surface area contributed by atoms with E-state index in [0.29, 0.717) is 12.3 Å². The molecule has 1 amide bonds. The SMILES string of the molecule is CCc1ccc(OCC(=O)NCc2nnc3n2CCCCC3)cc1. The smallest absolute Gasteiger partial charge is 0.258 e. The van der Waals surface area contributed by atoms with Gasteiger partial charge >= 0.3 is 0 Å². The minimum Gasteiger partial charge on any atom is -0.484 e. The molecule has 6 nitrogen and oxygen atoms in total. The molecule has 0 saturated heterocycles. The summed E-state index contributed by atoms with van der Waals surface area (Å²) in [6, 6.07) is 7.81. The van der Waals surface area contributed by atoms with Gasteiger partial charge in [0.05, 0.1) is 6.54 Å². The fraction of sp³-hybridized carbons (Fsp3) is 0.500. The van der Waals surface area contributed by atoms with Gasteiger partial charge in [0.15, 0.2) is 12.4 Å². The minimum atomic E-state index is -0.152. The molecule has 0 atom stereocenters. The molecule has 1 aliphatic rings. The van der Waals surface area contributed by atoms with Crippen molar-refractivity contribution in [2.24, 2.45) is 0 Å². The van der Waals surface area contributed by atoms with Gasteiger partial charge in [0.2, 0.25) is 0 Å². The molecule has 0 fully saturated rings. The molecule has 0 spiro atoms. The number of rotatable bonds is 6. The number of aromatic nitrogens is 3. The molecule has 1 aromatic heterocycles. The first-order chi connectivity index (χ1) is 11.8. The van der Waals surface area contributed by atoms with Crippen molar-refractivity contribution in [3.8, 4) is 5.75 Å². The van der Waals surface area contributed by atoms with Gasteiger partial charge in [0, 0.05) is 13.0 Å². The molecule has 0 saturated carbocycles. The maximum Gasteiger partial charge on any atom is 0.258 e. The monoisotopic (exact) mass is 328 g/mol. The molecule has 3 rings (SSSR count). The van der Waals surface area contributed by atoms with Gasteiger partial charge in [-0.2, -0.15) is 0 Å². The molecule has 24 heavy (non-hydrogen) atoms. The lowest BCUT2D eigenvalue weighted by molar-refractivity contribution is -0.123. The third kappa shape index (κ3) is 4.13. The summed E-state index contributed by atoms with van der Waals surface area (Å²) in [7, 11) is 0. The van der Waals surface area contributed by atoms with Crippen molar-refractivity contribution in [3.05, 3.63) is 41.5 Å². The molecule has 128 valence electrons. The first kappa shape index (κ1) is 16.5. The quantitative estimate of drug-likeness (QED) is 0.883. The van der Waals surface area contributed by atoms with Crippen LogP contribution in [0.4, 0.5) is 0 Å². The van der Waals surface area contributed by atoms with Crippen LogP contribution < -0.4 is 10.1 Å². The summed E-state index contributed by atoms with van der Waals surface area (Å²) in [5.41, 5.74) is 1.25. The zero-order chi connectivity index (χ0) is 16.8. The van der Waals surface area contributed by atoms with Gasteiger partial charge in [-0.1, -0.05) is 25.5 Å². The Kier molecular flexibility index (Phi) is 5.46. The molecule has 0 bridgehead atoms. The molecule has 0 radical (unpaired) electrons. The van der Waals surface area contributed by atoms with Crippen molar-refractivity contribution in [1.82, 2.24) is 20.1 Å². The molecule has 0 aliphatic carbocycles. The van der Waals surface area contributed by atoms with Crippen molar-refractivity contribution < 1.29 is 9.53 Å². The van der Waals surface area contributed by atoms with Crippen LogP contribution in [-0.4, -0.2) is 27.3 Å². The molecule has 2 aromatic rings. The number of carbonyl (C=O) groups is 1. The standard InChI is InChI=1S/C18H24N4O2/c1-2-14-7-9-15(10-8-14)24-13-18(23)19-12-17-21-20-16-6-4-3-5-11-22(16)17/h7-10H,2-6,11-13H2,1H3,(H,19,23). The van der Waals surface area contributed by atoms with Crippen molar-refractivity contribution in [1.29, 1.82) is 0 Å². The third-order valence-electron chi connectivity index (χ3n) is 4.33. The predicted molar refractivity (Wildman–Crippen MR) is 90.7 cm³/mol. The van der Waals surface area contributed by atoms with E-state index < -0.39 is 0 Å². The molecule has 0 unspecified atom stereocenters. The van der Waals surface area contributed by atoms with Crippen LogP contribution in [0.5, 0.6) is 5.75 Å². The number of carbonyl (C=O) groups excluding carboxylic acids is 1. The van der Waals surface area contributed by atoms with Gasteiger partial charge in [0.1, 0.15) is 11.6 Å². The Bertz CT molecular complexity index is 679. The second kappa shape index (κ2) is 7.95. The van der Waals surface area contributed by atoms with Crippen molar-refractivity contribution in [2.45, 2.75) is 52.1 Å². The van der Waals surface area contributed by atoms with Crippen LogP contribution in [0.25, 0.3) is 0 Å². The van der Waals surface area contributed by atoms with Crippen LogP contribution >= 0.6 is 0 Å². The summed E-state index contributed by atoms with van der Waals surface area (Å²) in [4.78, 5) is 12.0. The Labute approximate surface area is 142 Å². The van der Waals surface area contributed by atoms with E-state index in [-0.39, 0.29) is 12.5 Å². The Balaban J connectivity index is 1.48. The molecule has 1 N–H and O–H groups in total. The number of amides is 1. The summed E-state index contributed by atoms with van der Waals surface area (Å²) in [6.45, 7) is 3.44. The van der Waals surface area contributed by atoms with Crippen molar-refractivity contribution in [3.63, 3.8) is 0 Å². The van der Waals surface area contributed by atoms with E-state index in [0.717, 1.165) is 43.9 Å². The lowest BCUT2D eigenvalue weighted by atomic mass is 10.2. The van der Waals surface area contributed by atoms with Crippen LogP contribution in [0.15, 0.2) is 24.3 Å². The van der Waals surface area contributed by atoms with Gasteiger partial charge in [-0.3, -0.25) is 4.79 Å². The van der Waals surface area contributed by atoms with Crippen LogP contribution in [0, 0.1) is 0 Å². The largest absolute Gasteiger partial charge is 0.484 e. The van der Waals surface area contributed by atoms with E-state index in [1.165, 1.54) is 12.0 Å². The van der Waals surface area contributed by atoms with Gasteiger partial charge in [-0.25, -0.2) is 0 Å². The number of hydrogen-bond donors (Lipinski definition) is 1. The first-order valence-corrected chi connectivity index (χ1v) is 8.65. The van der Waals surface area contributed by atoms with Crippen LogP contribution in [0.3, 0.4) is 0 Å². The fourth-order valence-electron chi connectivity index (χ4n) is 2.87. The van der Waals surface area contributed by atoms with Gasteiger partial charge in [-0.15, -0.1) is 10.2 Å². The lowest BCUT2D eigenvalue weighted by Gasteiger charge is -2.09. The maximum absolute atomic E-state index is 12.0. The summed E-state index contributed by atoms with van der Waals surface area (Å²) >= 11 is 0. The number of benzene rings is 1. The molecule has 6 heteroatoms. The van der Waals surface area contributed by atoms with Crippen molar-refractivity contribution >= 4 is 5.91 Å². The normalized spacial score (nSPS) is 13.9. The topological polar surface area (TPSA) is 69.0 Å². The highest BCUT2D eigenvalue weighted by molar-refractivity contribution is 5.77. The average molecular weight is 328 g/mol. The minimum absolute atomic E-state index is 0.00641. The number of ether oxygens (including phenoxy) is 1. The molecule has 1 aromatic carbocycles. The van der Waals surface area contributed by atoms with E-state index in [1.54, 1.807) is 0 Å². The van der Waals surface area contributed by atoms with Crippen LogP contribution in [0.2, 0.25) is 0 Å². The number of nitrogens with one attached hydrogen (secondary N) is 1. The van der Waals surface area contributed by atoms with E-state index in [9.17, 15) is 4.79 Å². The highest BCUT2D eigenvalue weighted by Crippen LogP contribution is 2.14. The molecular weight excluding hydrogens is 304 g/mol. The van der Waals surface area contributed by atoms with E-state index in [2.05, 4.69) is 27.0 Å². The molecule has 1 aliphatic heterocycles. The highest BCUT2D eigenvalue weighted by Gasteiger charge is 2.15. The number of nitrogens with zero attached hydrogens (tertiary/aromatic N) is 3. The van der Waals surface area contributed by atoms with Gasteiger partial charge in [0.25, 0.3) is 5.91 Å². The zero-order valence-electron chi connectivity index (χ0n) is 14.1. The summed E-state index contributed by atoms with van der Waals surface area (Å²) in [5, 5.41) is 11.3. The highest BCUT2D eigenvalue weighted by atomic mass is 16.5. The first-order valence-electron chi connectivity index (χ1n) is 8.65. The zero-order valence-corrected chi connectivity index (χ0v) is 14.1. The van der Waals surface area contributed by atoms with E-state index >= 15 is 0 Å². The van der Waals surface area contributed by atoms with Gasteiger partial charge in [-0.05, 0) is 37.0 Å². The number of fused-ring (bicyclic) bond motifs is 1. The summed E-state index contributed by atoms with van der Waals surface area (Å²) < 4.78 is 7.65. The number of hydrogen-bond acceptors (Lipinski definition) is 4. The Morgan fingerprint density at radius 2 is 2.04 bits per heavy atom. The third-order valence-corrected chi connectivity index (χ3v) is 4.33. The second-order valence-corrected chi connectivity index (χ2v) is 6.06. The van der Waals surface area contributed by atoms with E-state index in [4.69, 9.17) is 4.74 Å². The fourth-order valence-corrected chi connectivity index (χ4v) is 2.87. The predicted octanol–water partition coefficient (Wildman–Crippen LogP) is 2.26. The van der Waals surface area contributed by atoms with Gasteiger partial charge < -0.3 is 14.6 Å². The Hall–Kier alpha value is -2.37. The Morgan fingerprint density at radius 1 is 1.21 bits per heavy atom. The van der Waals surface area contributed by atoms with Crippen molar-refractivity contribution in [2.75, 3.05) is 6.61 Å². The maximum atomic E-state index is 12.0. The average Bonchev–Trinajstić information content (AvgIpc) is 2.85. The van der Waals surface area contributed by atoms with Crippen LogP contribution in [-0.2, 0) is 30.7 Å². The van der Waals surface area contributed by atoms with Crippen LogP contribution in [0.1, 0.15) is 43.4 Å².